The molecule has 0 fully saturated rings. The summed E-state index contributed by atoms with van der Waals surface area (Å²) in [4.78, 5) is 39.7. The Bertz CT molecular complexity index is 1380. The summed E-state index contributed by atoms with van der Waals surface area (Å²) < 4.78 is 15.7. The Labute approximate surface area is 221 Å². The largest absolute Gasteiger partial charge is 0.497 e. The predicted molar refractivity (Wildman–Crippen MR) is 143 cm³/mol. The minimum atomic E-state index is -0.569. The maximum Gasteiger partial charge on any atom is 0.340 e. The molecule has 0 unspecified atom stereocenters. The van der Waals surface area contributed by atoms with E-state index in [1.165, 1.54) is 7.11 Å². The number of methoxy groups -OCH3 is 2. The Balaban J connectivity index is 1.44. The van der Waals surface area contributed by atoms with E-state index in [9.17, 15) is 14.4 Å². The second kappa shape index (κ2) is 11.9. The molecule has 8 nitrogen and oxygen atoms in total. The molecule has 1 aliphatic rings. The van der Waals surface area contributed by atoms with Gasteiger partial charge in [0.25, 0.3) is 11.8 Å². The van der Waals surface area contributed by atoms with Crippen molar-refractivity contribution >= 4 is 29.5 Å². The van der Waals surface area contributed by atoms with Crippen LogP contribution in [-0.2, 0) is 25.7 Å². The number of hydrogen-bond acceptors (Lipinski definition) is 6. The van der Waals surface area contributed by atoms with Gasteiger partial charge in [0.15, 0.2) is 6.61 Å². The highest BCUT2D eigenvalue weighted by molar-refractivity contribution is 6.16. The van der Waals surface area contributed by atoms with Crippen molar-refractivity contribution in [3.05, 3.63) is 107 Å². The summed E-state index contributed by atoms with van der Waals surface area (Å²) in [5.41, 5.74) is 3.32. The molecule has 2 amide bonds. The number of esters is 1. The quantitative estimate of drug-likeness (QED) is 0.333. The van der Waals surface area contributed by atoms with Crippen molar-refractivity contribution in [1.82, 2.24) is 4.90 Å². The summed E-state index contributed by atoms with van der Waals surface area (Å²) in [6, 6.07) is 23.4. The normalized spacial score (nSPS) is 14.0. The number of amides is 2. The summed E-state index contributed by atoms with van der Waals surface area (Å²) in [5, 5.41) is 2.75. The second-order valence-electron chi connectivity index (χ2n) is 8.52. The highest BCUT2D eigenvalue weighted by Crippen LogP contribution is 2.33. The third kappa shape index (κ3) is 6.10. The van der Waals surface area contributed by atoms with Gasteiger partial charge in [0.05, 0.1) is 31.9 Å². The molecule has 0 aromatic heterocycles. The van der Waals surface area contributed by atoms with Crippen molar-refractivity contribution in [3.63, 3.8) is 0 Å². The molecule has 4 rings (SSSR count). The van der Waals surface area contributed by atoms with Gasteiger partial charge in [-0.2, -0.15) is 0 Å². The molecular weight excluding hydrogens is 484 g/mol. The first kappa shape index (κ1) is 26.2. The average molecular weight is 513 g/mol. The molecule has 0 saturated carbocycles. The number of carbonyl (C=O) groups excluding carboxylic acids is 3. The van der Waals surface area contributed by atoms with E-state index in [0.717, 1.165) is 5.56 Å². The fraction of sp³-hybridized carbons (Fsp3) is 0.167. The number of allylic oxidation sites excluding steroid dienone is 1. The van der Waals surface area contributed by atoms with E-state index in [-0.39, 0.29) is 29.6 Å². The van der Waals surface area contributed by atoms with Crippen molar-refractivity contribution in [2.75, 3.05) is 26.1 Å². The predicted octanol–water partition coefficient (Wildman–Crippen LogP) is 4.59. The lowest BCUT2D eigenvalue weighted by atomic mass is 10.0. The van der Waals surface area contributed by atoms with Crippen LogP contribution in [0.1, 0.15) is 18.1 Å². The van der Waals surface area contributed by atoms with Gasteiger partial charge in [-0.1, -0.05) is 42.5 Å². The SMILES string of the molecule is COC(=O)C1=C(C)N(Cc2ccccc2)C(=O)/C1=C\c1ccc(OCC(=O)Nc2ccc(OC)cc2)cc1. The summed E-state index contributed by atoms with van der Waals surface area (Å²) >= 11 is 0. The third-order valence-corrected chi connectivity index (χ3v) is 6.02. The number of nitrogens with one attached hydrogen (secondary N) is 1. The van der Waals surface area contributed by atoms with Crippen LogP contribution >= 0.6 is 0 Å². The lowest BCUT2D eigenvalue weighted by molar-refractivity contribution is -0.136. The first-order valence-corrected chi connectivity index (χ1v) is 11.9. The van der Waals surface area contributed by atoms with Crippen molar-refractivity contribution in [1.29, 1.82) is 0 Å². The molecule has 0 spiro atoms. The van der Waals surface area contributed by atoms with E-state index >= 15 is 0 Å². The van der Waals surface area contributed by atoms with Crippen molar-refractivity contribution in [2.24, 2.45) is 0 Å². The van der Waals surface area contributed by atoms with Crippen molar-refractivity contribution in [3.8, 4) is 11.5 Å². The summed E-state index contributed by atoms with van der Waals surface area (Å²) in [7, 11) is 2.87. The minimum Gasteiger partial charge on any atom is -0.497 e. The number of ether oxygens (including phenoxy) is 3. The maximum atomic E-state index is 13.3. The molecule has 0 aliphatic carbocycles. The van der Waals surface area contributed by atoms with Gasteiger partial charge < -0.3 is 24.4 Å². The molecule has 1 heterocycles. The molecule has 0 saturated heterocycles. The number of anilines is 1. The van der Waals surface area contributed by atoms with E-state index in [2.05, 4.69) is 5.32 Å². The molecular formula is C30H28N2O6. The van der Waals surface area contributed by atoms with Gasteiger partial charge in [0.1, 0.15) is 11.5 Å². The Kier molecular flexibility index (Phi) is 8.23. The lowest BCUT2D eigenvalue weighted by Gasteiger charge is -2.17. The summed E-state index contributed by atoms with van der Waals surface area (Å²) in [6.45, 7) is 1.91. The van der Waals surface area contributed by atoms with Crippen LogP contribution in [-0.4, -0.2) is 43.5 Å². The van der Waals surface area contributed by atoms with E-state index in [4.69, 9.17) is 14.2 Å². The molecule has 3 aromatic carbocycles. The van der Waals surface area contributed by atoms with Gasteiger partial charge in [0, 0.05) is 11.4 Å². The lowest BCUT2D eigenvalue weighted by Crippen LogP contribution is -2.24. The van der Waals surface area contributed by atoms with Gasteiger partial charge in [0.2, 0.25) is 0 Å². The van der Waals surface area contributed by atoms with E-state index in [0.29, 0.717) is 35.0 Å². The van der Waals surface area contributed by atoms with E-state index in [1.807, 2.05) is 30.3 Å². The van der Waals surface area contributed by atoms with E-state index in [1.54, 1.807) is 73.5 Å². The van der Waals surface area contributed by atoms with Crippen LogP contribution in [0.3, 0.4) is 0 Å². The zero-order valence-corrected chi connectivity index (χ0v) is 21.4. The molecule has 0 atom stereocenters. The Hall–Kier alpha value is -4.85. The van der Waals surface area contributed by atoms with Crippen molar-refractivity contribution < 1.29 is 28.6 Å². The van der Waals surface area contributed by atoms with Crippen LogP contribution in [0.15, 0.2) is 95.7 Å². The zero-order valence-electron chi connectivity index (χ0n) is 21.4. The molecule has 0 radical (unpaired) electrons. The van der Waals surface area contributed by atoms with Gasteiger partial charge in [-0.3, -0.25) is 9.59 Å². The number of nitrogens with zero attached hydrogens (tertiary/aromatic N) is 1. The Morgan fingerprint density at radius 3 is 2.18 bits per heavy atom. The third-order valence-electron chi connectivity index (χ3n) is 6.02. The monoisotopic (exact) mass is 512 g/mol. The van der Waals surface area contributed by atoms with Crippen LogP contribution in [0.5, 0.6) is 11.5 Å². The van der Waals surface area contributed by atoms with Gasteiger partial charge in [-0.15, -0.1) is 0 Å². The standard InChI is InChI=1S/C30H28N2O6/c1-20-28(30(35)37-3)26(29(34)32(20)18-22-7-5-4-6-8-22)17-21-9-13-25(14-10-21)38-19-27(33)31-23-11-15-24(36-2)16-12-23/h4-17H,18-19H2,1-3H3,(H,31,33)/b26-17-. The fourth-order valence-corrected chi connectivity index (χ4v) is 4.03. The number of carbonyl (C=O) groups is 3. The molecule has 1 N–H and O–H groups in total. The molecule has 8 heteroatoms. The maximum absolute atomic E-state index is 13.3. The molecule has 3 aromatic rings. The Morgan fingerprint density at radius 1 is 0.895 bits per heavy atom. The van der Waals surface area contributed by atoms with Crippen LogP contribution in [0.2, 0.25) is 0 Å². The van der Waals surface area contributed by atoms with Crippen LogP contribution in [0, 0.1) is 0 Å². The highest BCUT2D eigenvalue weighted by atomic mass is 16.5. The van der Waals surface area contributed by atoms with Crippen molar-refractivity contribution in [2.45, 2.75) is 13.5 Å². The van der Waals surface area contributed by atoms with Crippen LogP contribution in [0.25, 0.3) is 6.08 Å². The fourth-order valence-electron chi connectivity index (χ4n) is 4.03. The van der Waals surface area contributed by atoms with Crippen LogP contribution < -0.4 is 14.8 Å². The molecule has 38 heavy (non-hydrogen) atoms. The summed E-state index contributed by atoms with van der Waals surface area (Å²) in [6.07, 6.45) is 1.66. The highest BCUT2D eigenvalue weighted by Gasteiger charge is 2.36. The summed E-state index contributed by atoms with van der Waals surface area (Å²) in [5.74, 6) is 0.0322. The van der Waals surface area contributed by atoms with Gasteiger partial charge >= 0.3 is 5.97 Å². The smallest absolute Gasteiger partial charge is 0.340 e. The molecule has 1 aliphatic heterocycles. The molecule has 194 valence electrons. The number of hydrogen-bond donors (Lipinski definition) is 1. The van der Waals surface area contributed by atoms with E-state index < -0.39 is 5.97 Å². The molecule has 0 bridgehead atoms. The van der Waals surface area contributed by atoms with Gasteiger partial charge in [-0.25, -0.2) is 4.79 Å². The number of benzene rings is 3. The average Bonchev–Trinajstić information content (AvgIpc) is 3.17. The number of rotatable bonds is 9. The first-order chi connectivity index (χ1) is 18.4. The van der Waals surface area contributed by atoms with Crippen LogP contribution in [0.4, 0.5) is 5.69 Å². The Morgan fingerprint density at radius 2 is 1.55 bits per heavy atom. The zero-order chi connectivity index (χ0) is 27.1. The topological polar surface area (TPSA) is 94.2 Å². The first-order valence-electron chi connectivity index (χ1n) is 11.9. The second-order valence-corrected chi connectivity index (χ2v) is 8.52. The minimum absolute atomic E-state index is 0.173. The van der Waals surface area contributed by atoms with Gasteiger partial charge in [-0.05, 0) is 60.5 Å².